The summed E-state index contributed by atoms with van der Waals surface area (Å²) < 4.78 is 0. The first-order chi connectivity index (χ1) is 17.5. The number of anilines is 2. The molecule has 0 spiro atoms. The van der Waals surface area contributed by atoms with E-state index in [9.17, 15) is 9.59 Å². The molecular formula is C31H30Cl2N2O2. The summed E-state index contributed by atoms with van der Waals surface area (Å²) in [5, 5.41) is 4.46. The number of hydrogen-bond donors (Lipinski definition) is 1. The van der Waals surface area contributed by atoms with E-state index >= 15 is 0 Å². The molecule has 0 aromatic heterocycles. The van der Waals surface area contributed by atoms with E-state index in [1.165, 1.54) is 12.5 Å². The van der Waals surface area contributed by atoms with Gasteiger partial charge in [0.2, 0.25) is 5.91 Å². The number of halogens is 2. The summed E-state index contributed by atoms with van der Waals surface area (Å²) in [5.41, 5.74) is 6.03. The first kappa shape index (κ1) is 25.6. The number of nitrogens with zero attached hydrogens (tertiary/aromatic N) is 1. The molecule has 3 aromatic rings. The van der Waals surface area contributed by atoms with Gasteiger partial charge in [0.05, 0.1) is 17.4 Å². The molecule has 1 heterocycles. The van der Waals surface area contributed by atoms with Crippen molar-refractivity contribution >= 4 is 46.3 Å². The van der Waals surface area contributed by atoms with Crippen molar-refractivity contribution in [1.82, 2.24) is 0 Å². The third kappa shape index (κ3) is 4.81. The Balaban J connectivity index is 1.65. The Kier molecular flexibility index (Phi) is 6.68. The van der Waals surface area contributed by atoms with Crippen LogP contribution in [-0.4, -0.2) is 11.7 Å². The van der Waals surface area contributed by atoms with E-state index in [2.05, 4.69) is 50.4 Å². The number of Topliss-reactive ketones (excluding diaryl/α,β-unsaturated/α-hetero) is 1. The Hall–Kier alpha value is -3.08. The quantitative estimate of drug-likeness (QED) is 0.361. The first-order valence-electron chi connectivity index (χ1n) is 12.5. The van der Waals surface area contributed by atoms with E-state index in [-0.39, 0.29) is 23.0 Å². The summed E-state index contributed by atoms with van der Waals surface area (Å²) in [4.78, 5) is 28.8. The van der Waals surface area contributed by atoms with Crippen LogP contribution in [0.3, 0.4) is 0 Å². The predicted octanol–water partition coefficient (Wildman–Crippen LogP) is 8.21. The monoisotopic (exact) mass is 532 g/mol. The van der Waals surface area contributed by atoms with Crippen molar-refractivity contribution in [3.8, 4) is 0 Å². The molecule has 5 rings (SSSR count). The number of ketones is 1. The molecule has 6 heteroatoms. The lowest BCUT2D eigenvalue weighted by atomic mass is 9.77. The van der Waals surface area contributed by atoms with E-state index in [1.54, 1.807) is 17.0 Å². The average molecular weight is 533 g/mol. The minimum Gasteiger partial charge on any atom is -0.357 e. The lowest BCUT2D eigenvalue weighted by Crippen LogP contribution is -2.37. The number of hydrogen-bond acceptors (Lipinski definition) is 3. The van der Waals surface area contributed by atoms with Crippen LogP contribution in [0.5, 0.6) is 0 Å². The molecule has 190 valence electrons. The van der Waals surface area contributed by atoms with Crippen LogP contribution < -0.4 is 10.2 Å². The van der Waals surface area contributed by atoms with Crippen LogP contribution >= 0.6 is 23.2 Å². The maximum atomic E-state index is 14.0. The molecule has 0 saturated heterocycles. The highest BCUT2D eigenvalue weighted by Crippen LogP contribution is 2.48. The number of allylic oxidation sites excluding steroid dienone is 1. The van der Waals surface area contributed by atoms with Crippen molar-refractivity contribution in [3.05, 3.63) is 105 Å². The van der Waals surface area contributed by atoms with Crippen LogP contribution in [-0.2, 0) is 15.0 Å². The van der Waals surface area contributed by atoms with Gasteiger partial charge in [0.25, 0.3) is 0 Å². The summed E-state index contributed by atoms with van der Waals surface area (Å²) in [6, 6.07) is 20.8. The summed E-state index contributed by atoms with van der Waals surface area (Å²) in [5.74, 6) is -0.134. The molecule has 2 unspecified atom stereocenters. The van der Waals surface area contributed by atoms with Gasteiger partial charge in [-0.1, -0.05) is 86.4 Å². The highest BCUT2D eigenvalue weighted by molar-refractivity contribution is 6.35. The SMILES string of the molecule is CC(=O)N1c2ccccc2NC2=C(C(=O)CC(c3ccc(C(C)(C)C)cc3)C2)C1c1ccc(Cl)cc1Cl. The number of carbonyl (C=O) groups is 2. The fourth-order valence-electron chi connectivity index (χ4n) is 5.45. The number of benzene rings is 3. The summed E-state index contributed by atoms with van der Waals surface area (Å²) >= 11 is 12.9. The van der Waals surface area contributed by atoms with E-state index < -0.39 is 6.04 Å². The van der Waals surface area contributed by atoms with Gasteiger partial charge < -0.3 is 5.32 Å². The third-order valence-electron chi connectivity index (χ3n) is 7.33. The molecule has 2 aliphatic rings. The zero-order valence-corrected chi connectivity index (χ0v) is 23.0. The summed E-state index contributed by atoms with van der Waals surface area (Å²) in [6.45, 7) is 8.10. The van der Waals surface area contributed by atoms with Crippen molar-refractivity contribution in [2.24, 2.45) is 0 Å². The summed E-state index contributed by atoms with van der Waals surface area (Å²) in [7, 11) is 0. The molecule has 0 saturated carbocycles. The van der Waals surface area contributed by atoms with Crippen LogP contribution in [0.25, 0.3) is 0 Å². The number of carbonyl (C=O) groups excluding carboxylic acids is 2. The van der Waals surface area contributed by atoms with Gasteiger partial charge in [0.1, 0.15) is 0 Å². The fourth-order valence-corrected chi connectivity index (χ4v) is 5.96. The second-order valence-corrected chi connectivity index (χ2v) is 11.7. The Bertz CT molecular complexity index is 1420. The smallest absolute Gasteiger partial charge is 0.224 e. The molecule has 0 fully saturated rings. The Morgan fingerprint density at radius 3 is 2.32 bits per heavy atom. The average Bonchev–Trinajstić information content (AvgIpc) is 2.98. The molecule has 0 bridgehead atoms. The lowest BCUT2D eigenvalue weighted by molar-refractivity contribution is -0.117. The van der Waals surface area contributed by atoms with Gasteiger partial charge in [0.15, 0.2) is 5.78 Å². The highest BCUT2D eigenvalue weighted by atomic mass is 35.5. The number of para-hydroxylation sites is 2. The second kappa shape index (κ2) is 9.66. The van der Waals surface area contributed by atoms with Crippen molar-refractivity contribution in [3.63, 3.8) is 0 Å². The van der Waals surface area contributed by atoms with Crippen molar-refractivity contribution < 1.29 is 9.59 Å². The van der Waals surface area contributed by atoms with E-state index in [0.717, 1.165) is 16.9 Å². The van der Waals surface area contributed by atoms with Crippen LogP contribution in [0.15, 0.2) is 78.0 Å². The minimum absolute atomic E-state index is 0.00807. The van der Waals surface area contributed by atoms with Gasteiger partial charge in [-0.2, -0.15) is 0 Å². The van der Waals surface area contributed by atoms with Gasteiger partial charge in [-0.05, 0) is 58.7 Å². The maximum Gasteiger partial charge on any atom is 0.224 e. The lowest BCUT2D eigenvalue weighted by Gasteiger charge is -2.35. The van der Waals surface area contributed by atoms with Gasteiger partial charge in [0, 0.05) is 34.7 Å². The molecular weight excluding hydrogens is 503 g/mol. The molecule has 1 N–H and O–H groups in total. The van der Waals surface area contributed by atoms with E-state index in [1.807, 2.05) is 30.3 Å². The number of nitrogens with one attached hydrogen (secondary N) is 1. The zero-order chi connectivity index (χ0) is 26.5. The predicted molar refractivity (Wildman–Crippen MR) is 152 cm³/mol. The normalized spacial score (nSPS) is 19.6. The maximum absolute atomic E-state index is 14.0. The van der Waals surface area contributed by atoms with Crippen molar-refractivity contribution in [1.29, 1.82) is 0 Å². The van der Waals surface area contributed by atoms with E-state index in [4.69, 9.17) is 23.2 Å². The third-order valence-corrected chi connectivity index (χ3v) is 7.90. The van der Waals surface area contributed by atoms with Crippen LogP contribution in [0.2, 0.25) is 10.0 Å². The van der Waals surface area contributed by atoms with Gasteiger partial charge >= 0.3 is 0 Å². The molecule has 1 amide bonds. The van der Waals surface area contributed by atoms with Crippen molar-refractivity contribution in [2.75, 3.05) is 10.2 Å². The van der Waals surface area contributed by atoms with Crippen LogP contribution in [0.4, 0.5) is 11.4 Å². The standard InChI is InChI=1S/C31H30Cl2N2O2/c1-18(36)35-27-8-6-5-7-25(27)34-26-15-20(19-9-11-21(12-10-19)31(2,3)4)16-28(37)29(26)30(35)23-14-13-22(32)17-24(23)33/h5-14,17,20,30,34H,15-16H2,1-4H3. The minimum atomic E-state index is -0.662. The Labute approximate surface area is 228 Å². The number of fused-ring (bicyclic) bond motifs is 1. The number of rotatable bonds is 2. The molecule has 4 nitrogen and oxygen atoms in total. The van der Waals surface area contributed by atoms with E-state index in [0.29, 0.717) is 39.7 Å². The molecule has 37 heavy (non-hydrogen) atoms. The Morgan fingerprint density at radius 2 is 1.68 bits per heavy atom. The van der Waals surface area contributed by atoms with Gasteiger partial charge in [-0.25, -0.2) is 0 Å². The second-order valence-electron chi connectivity index (χ2n) is 10.9. The topological polar surface area (TPSA) is 49.4 Å². The molecule has 2 atom stereocenters. The zero-order valence-electron chi connectivity index (χ0n) is 21.4. The van der Waals surface area contributed by atoms with Crippen LogP contribution in [0, 0.1) is 0 Å². The molecule has 3 aromatic carbocycles. The molecule has 1 aliphatic carbocycles. The largest absolute Gasteiger partial charge is 0.357 e. The first-order valence-corrected chi connectivity index (χ1v) is 13.3. The van der Waals surface area contributed by atoms with Gasteiger partial charge in [-0.3, -0.25) is 14.5 Å². The number of amides is 1. The Morgan fingerprint density at radius 1 is 0.973 bits per heavy atom. The fraction of sp³-hybridized carbons (Fsp3) is 0.290. The van der Waals surface area contributed by atoms with Gasteiger partial charge in [-0.15, -0.1) is 0 Å². The summed E-state index contributed by atoms with van der Waals surface area (Å²) in [6.07, 6.45) is 1.01. The van der Waals surface area contributed by atoms with Crippen molar-refractivity contribution in [2.45, 2.75) is 57.9 Å². The van der Waals surface area contributed by atoms with Crippen LogP contribution in [0.1, 0.15) is 69.2 Å². The highest BCUT2D eigenvalue weighted by Gasteiger charge is 2.41. The molecule has 1 aliphatic heterocycles. The molecule has 0 radical (unpaired) electrons.